The van der Waals surface area contributed by atoms with Crippen LogP contribution >= 0.6 is 11.8 Å². The minimum Gasteiger partial charge on any atom is -0.440 e. The quantitative estimate of drug-likeness (QED) is 0.732. The van der Waals surface area contributed by atoms with E-state index in [-0.39, 0.29) is 0 Å². The summed E-state index contributed by atoms with van der Waals surface area (Å²) >= 11 is 1.79. The fourth-order valence-electron chi connectivity index (χ4n) is 1.88. The van der Waals surface area contributed by atoms with Crippen LogP contribution in [-0.4, -0.2) is 4.98 Å². The Morgan fingerprint density at radius 1 is 1.05 bits per heavy atom. The van der Waals surface area contributed by atoms with Crippen molar-refractivity contribution in [1.82, 2.24) is 4.98 Å². The maximum Gasteiger partial charge on any atom is 0.205 e. The molecule has 19 heavy (non-hydrogen) atoms. The molecule has 0 aliphatic heterocycles. The number of fused-ring (bicyclic) bond motifs is 1. The highest BCUT2D eigenvalue weighted by Gasteiger charge is 2.06. The summed E-state index contributed by atoms with van der Waals surface area (Å²) in [5, 5.41) is 0. The zero-order chi connectivity index (χ0) is 13.1. The molecule has 1 aromatic heterocycles. The fraction of sp³-hybridized carbons (Fsp3) is 0.133. The molecule has 0 saturated carbocycles. The second kappa shape index (κ2) is 5.36. The monoisotopic (exact) mass is 270 g/mol. The average molecular weight is 270 g/mol. The van der Waals surface area contributed by atoms with E-state index in [1.165, 1.54) is 5.56 Å². The summed E-state index contributed by atoms with van der Waals surface area (Å²) in [6.45, 7) is 0. The number of thioether (sulfide) groups is 1. The Kier molecular flexibility index (Phi) is 3.42. The molecule has 0 aliphatic carbocycles. The highest BCUT2D eigenvalue weighted by Crippen LogP contribution is 2.22. The van der Waals surface area contributed by atoms with E-state index in [1.54, 1.807) is 11.8 Å². The molecule has 4 heteroatoms. The van der Waals surface area contributed by atoms with E-state index < -0.39 is 0 Å². The average Bonchev–Trinajstić information content (AvgIpc) is 2.82. The minimum absolute atomic E-state index is 0.712. The summed E-state index contributed by atoms with van der Waals surface area (Å²) in [6.07, 6.45) is 0. The topological polar surface area (TPSA) is 52.0 Å². The van der Waals surface area contributed by atoms with Gasteiger partial charge in [0.1, 0.15) is 5.52 Å². The summed E-state index contributed by atoms with van der Waals surface area (Å²) in [7, 11) is 0. The molecule has 0 unspecified atom stereocenters. The van der Waals surface area contributed by atoms with Crippen molar-refractivity contribution in [3.8, 4) is 0 Å². The number of oxazole rings is 1. The number of hydrogen-bond acceptors (Lipinski definition) is 4. The summed E-state index contributed by atoms with van der Waals surface area (Å²) in [5.74, 6) is 2.48. The van der Waals surface area contributed by atoms with E-state index in [0.29, 0.717) is 5.69 Å². The van der Waals surface area contributed by atoms with Crippen molar-refractivity contribution in [2.24, 2.45) is 0 Å². The molecular formula is C15H14N2OS. The standard InChI is InChI=1S/C15H14N2OS/c16-12-6-7-14-13(8-12)17-15(18-14)10-19-9-11-4-2-1-3-5-11/h1-8H,9-10,16H2. The normalized spacial score (nSPS) is 10.9. The molecule has 0 spiro atoms. The lowest BCUT2D eigenvalue weighted by atomic mass is 10.2. The Balaban J connectivity index is 1.65. The van der Waals surface area contributed by atoms with Crippen LogP contribution in [0.5, 0.6) is 0 Å². The molecule has 2 aromatic carbocycles. The Morgan fingerprint density at radius 3 is 2.74 bits per heavy atom. The van der Waals surface area contributed by atoms with Crippen LogP contribution in [0.15, 0.2) is 52.9 Å². The number of nitrogens with two attached hydrogens (primary N) is 1. The zero-order valence-electron chi connectivity index (χ0n) is 10.4. The first-order chi connectivity index (χ1) is 9.31. The van der Waals surface area contributed by atoms with Gasteiger partial charge in [0.25, 0.3) is 0 Å². The number of nitrogen functional groups attached to an aromatic ring is 1. The summed E-state index contributed by atoms with van der Waals surface area (Å²) in [5.41, 5.74) is 9.37. The van der Waals surface area contributed by atoms with Crippen LogP contribution in [0.1, 0.15) is 11.5 Å². The Morgan fingerprint density at radius 2 is 1.89 bits per heavy atom. The van der Waals surface area contributed by atoms with Crippen molar-refractivity contribution >= 4 is 28.5 Å². The van der Waals surface area contributed by atoms with Gasteiger partial charge in [0.2, 0.25) is 5.89 Å². The minimum atomic E-state index is 0.712. The van der Waals surface area contributed by atoms with E-state index in [9.17, 15) is 0 Å². The number of benzene rings is 2. The molecule has 0 atom stereocenters. The third-order valence-corrected chi connectivity index (χ3v) is 3.78. The molecule has 0 amide bonds. The molecule has 3 aromatic rings. The molecule has 0 radical (unpaired) electrons. The lowest BCUT2D eigenvalue weighted by Crippen LogP contribution is -1.83. The second-order valence-corrected chi connectivity index (χ2v) is 5.30. The zero-order valence-corrected chi connectivity index (χ0v) is 11.2. The third kappa shape index (κ3) is 2.90. The van der Waals surface area contributed by atoms with E-state index in [4.69, 9.17) is 10.2 Å². The molecule has 3 rings (SSSR count). The van der Waals surface area contributed by atoms with Crippen LogP contribution < -0.4 is 5.73 Å². The van der Waals surface area contributed by atoms with Gasteiger partial charge in [0, 0.05) is 11.4 Å². The molecule has 0 saturated heterocycles. The highest BCUT2D eigenvalue weighted by atomic mass is 32.2. The number of rotatable bonds is 4. The predicted molar refractivity (Wildman–Crippen MR) is 79.9 cm³/mol. The first-order valence-corrected chi connectivity index (χ1v) is 7.23. The molecule has 2 N–H and O–H groups in total. The second-order valence-electron chi connectivity index (χ2n) is 4.31. The van der Waals surface area contributed by atoms with Gasteiger partial charge in [0.05, 0.1) is 5.75 Å². The van der Waals surface area contributed by atoms with Gasteiger partial charge in [-0.05, 0) is 23.8 Å². The van der Waals surface area contributed by atoms with Crippen LogP contribution in [-0.2, 0) is 11.5 Å². The van der Waals surface area contributed by atoms with Crippen LogP contribution in [0, 0.1) is 0 Å². The number of hydrogen-bond donors (Lipinski definition) is 1. The lowest BCUT2D eigenvalue weighted by Gasteiger charge is -1.98. The van der Waals surface area contributed by atoms with E-state index >= 15 is 0 Å². The maximum absolute atomic E-state index is 5.72. The molecule has 0 bridgehead atoms. The third-order valence-electron chi connectivity index (χ3n) is 2.79. The van der Waals surface area contributed by atoms with Crippen molar-refractivity contribution < 1.29 is 4.42 Å². The Bertz CT molecular complexity index is 679. The molecular weight excluding hydrogens is 256 g/mol. The SMILES string of the molecule is Nc1ccc2oc(CSCc3ccccc3)nc2c1. The fourth-order valence-corrected chi connectivity index (χ4v) is 2.71. The van der Waals surface area contributed by atoms with Gasteiger partial charge in [-0.2, -0.15) is 0 Å². The van der Waals surface area contributed by atoms with Gasteiger partial charge in [-0.3, -0.25) is 0 Å². The molecule has 1 heterocycles. The molecule has 0 fully saturated rings. The molecule has 3 nitrogen and oxygen atoms in total. The predicted octanol–water partition coefficient (Wildman–Crippen LogP) is 3.84. The van der Waals surface area contributed by atoms with E-state index in [1.807, 2.05) is 24.3 Å². The van der Waals surface area contributed by atoms with E-state index in [0.717, 1.165) is 28.5 Å². The van der Waals surface area contributed by atoms with Crippen molar-refractivity contribution in [2.75, 3.05) is 5.73 Å². The van der Waals surface area contributed by atoms with Gasteiger partial charge < -0.3 is 10.2 Å². The van der Waals surface area contributed by atoms with Crippen molar-refractivity contribution in [3.63, 3.8) is 0 Å². The summed E-state index contributed by atoms with van der Waals surface area (Å²) < 4.78 is 5.67. The number of aromatic nitrogens is 1. The van der Waals surface area contributed by atoms with Crippen LogP contribution in [0.4, 0.5) is 5.69 Å². The van der Waals surface area contributed by atoms with Crippen LogP contribution in [0.25, 0.3) is 11.1 Å². The van der Waals surface area contributed by atoms with Gasteiger partial charge in [-0.15, -0.1) is 11.8 Å². The smallest absolute Gasteiger partial charge is 0.205 e. The first kappa shape index (κ1) is 12.1. The highest BCUT2D eigenvalue weighted by molar-refractivity contribution is 7.97. The van der Waals surface area contributed by atoms with Gasteiger partial charge in [0.15, 0.2) is 5.58 Å². The van der Waals surface area contributed by atoms with Gasteiger partial charge in [-0.25, -0.2) is 4.98 Å². The molecule has 96 valence electrons. The summed E-state index contributed by atoms with van der Waals surface area (Å²) in [6, 6.07) is 15.9. The van der Waals surface area contributed by atoms with Crippen molar-refractivity contribution in [2.45, 2.75) is 11.5 Å². The molecule has 0 aliphatic rings. The van der Waals surface area contributed by atoms with Gasteiger partial charge >= 0.3 is 0 Å². The maximum atomic E-state index is 5.72. The van der Waals surface area contributed by atoms with E-state index in [2.05, 4.69) is 29.2 Å². The van der Waals surface area contributed by atoms with Crippen molar-refractivity contribution in [1.29, 1.82) is 0 Å². The van der Waals surface area contributed by atoms with Crippen molar-refractivity contribution in [3.05, 3.63) is 60.0 Å². The largest absolute Gasteiger partial charge is 0.440 e. The Labute approximate surface area is 115 Å². The number of anilines is 1. The Hall–Kier alpha value is -1.94. The summed E-state index contributed by atoms with van der Waals surface area (Å²) in [4.78, 5) is 4.44. The lowest BCUT2D eigenvalue weighted by molar-refractivity contribution is 0.556. The van der Waals surface area contributed by atoms with Crippen LogP contribution in [0.3, 0.4) is 0 Å². The van der Waals surface area contributed by atoms with Crippen LogP contribution in [0.2, 0.25) is 0 Å². The number of nitrogens with zero attached hydrogens (tertiary/aromatic N) is 1. The van der Waals surface area contributed by atoms with Gasteiger partial charge in [-0.1, -0.05) is 30.3 Å². The first-order valence-electron chi connectivity index (χ1n) is 6.08.